The van der Waals surface area contributed by atoms with Crippen molar-refractivity contribution in [3.8, 4) is 0 Å². The van der Waals surface area contributed by atoms with E-state index in [1.165, 1.54) is 0 Å². The molecule has 4 heteroatoms. The van der Waals surface area contributed by atoms with Crippen LogP contribution in [0.2, 0.25) is 0 Å². The van der Waals surface area contributed by atoms with E-state index in [-0.39, 0.29) is 0 Å². The Hall–Kier alpha value is -1.58. The molecular formula is C10H14N2O2. The summed E-state index contributed by atoms with van der Waals surface area (Å²) in [6.07, 6.45) is 1.15. The van der Waals surface area contributed by atoms with E-state index in [0.29, 0.717) is 13.2 Å². The molecule has 0 spiro atoms. The molecule has 0 N–H and O–H groups in total. The van der Waals surface area contributed by atoms with E-state index in [1.54, 1.807) is 0 Å². The molecule has 0 unspecified atom stereocenters. The molecule has 14 heavy (non-hydrogen) atoms. The summed E-state index contributed by atoms with van der Waals surface area (Å²) in [5, 5.41) is 4.23. The lowest BCUT2D eigenvalue weighted by Gasteiger charge is -2.04. The van der Waals surface area contributed by atoms with E-state index in [1.807, 2.05) is 24.6 Å². The number of rotatable bonds is 4. The van der Waals surface area contributed by atoms with E-state index in [0.717, 1.165) is 17.5 Å². The van der Waals surface area contributed by atoms with Crippen LogP contribution >= 0.6 is 0 Å². The number of aryl methyl sites for hydroxylation is 2. The summed E-state index contributed by atoms with van der Waals surface area (Å²) in [5.74, 6) is -0.397. The van der Waals surface area contributed by atoms with Crippen LogP contribution in [0.5, 0.6) is 0 Å². The third kappa shape index (κ3) is 2.73. The van der Waals surface area contributed by atoms with Crippen molar-refractivity contribution in [1.29, 1.82) is 0 Å². The molecule has 0 aromatic carbocycles. The molecule has 0 atom stereocenters. The SMILES string of the molecule is C=CC(=O)OCCn1nc(C)cc1C. The van der Waals surface area contributed by atoms with Crippen molar-refractivity contribution in [2.45, 2.75) is 20.4 Å². The number of carbonyl (C=O) groups excluding carboxylic acids is 1. The zero-order valence-corrected chi connectivity index (χ0v) is 8.49. The van der Waals surface area contributed by atoms with Gasteiger partial charge in [-0.05, 0) is 19.9 Å². The Morgan fingerprint density at radius 1 is 1.71 bits per heavy atom. The van der Waals surface area contributed by atoms with Crippen molar-refractivity contribution in [2.24, 2.45) is 0 Å². The Bertz CT molecular complexity index is 342. The van der Waals surface area contributed by atoms with Crippen LogP contribution in [0.15, 0.2) is 18.7 Å². The predicted octanol–water partition coefficient (Wildman–Crippen LogP) is 1.23. The molecule has 4 nitrogen and oxygen atoms in total. The first-order valence-corrected chi connectivity index (χ1v) is 4.43. The maximum Gasteiger partial charge on any atom is 0.330 e. The Morgan fingerprint density at radius 3 is 2.93 bits per heavy atom. The summed E-state index contributed by atoms with van der Waals surface area (Å²) >= 11 is 0. The highest BCUT2D eigenvalue weighted by atomic mass is 16.5. The Morgan fingerprint density at radius 2 is 2.43 bits per heavy atom. The van der Waals surface area contributed by atoms with Crippen LogP contribution in [-0.2, 0) is 16.1 Å². The predicted molar refractivity (Wildman–Crippen MR) is 52.9 cm³/mol. The summed E-state index contributed by atoms with van der Waals surface area (Å²) in [5.41, 5.74) is 2.04. The Labute approximate surface area is 83.2 Å². The van der Waals surface area contributed by atoms with E-state index in [4.69, 9.17) is 4.74 Å². The first-order chi connectivity index (χ1) is 6.63. The average molecular weight is 194 g/mol. The summed E-state index contributed by atoms with van der Waals surface area (Å²) in [4.78, 5) is 10.7. The molecule has 0 radical (unpaired) electrons. The zero-order chi connectivity index (χ0) is 10.6. The van der Waals surface area contributed by atoms with E-state index < -0.39 is 5.97 Å². The van der Waals surface area contributed by atoms with Gasteiger partial charge in [0.2, 0.25) is 0 Å². The van der Waals surface area contributed by atoms with Crippen LogP contribution in [0.4, 0.5) is 0 Å². The second-order valence-corrected chi connectivity index (χ2v) is 3.02. The monoisotopic (exact) mass is 194 g/mol. The van der Waals surface area contributed by atoms with Crippen molar-refractivity contribution in [2.75, 3.05) is 6.61 Å². The molecule has 0 bridgehead atoms. The Kier molecular flexibility index (Phi) is 3.45. The van der Waals surface area contributed by atoms with Crippen LogP contribution in [0.1, 0.15) is 11.4 Å². The van der Waals surface area contributed by atoms with Gasteiger partial charge in [-0.3, -0.25) is 4.68 Å². The molecular weight excluding hydrogens is 180 g/mol. The summed E-state index contributed by atoms with van der Waals surface area (Å²) in [6, 6.07) is 1.98. The molecule has 0 fully saturated rings. The highest BCUT2D eigenvalue weighted by Gasteiger charge is 2.01. The quantitative estimate of drug-likeness (QED) is 0.535. The lowest BCUT2D eigenvalue weighted by Crippen LogP contribution is -2.11. The fourth-order valence-electron chi connectivity index (χ4n) is 1.19. The summed E-state index contributed by atoms with van der Waals surface area (Å²) in [7, 11) is 0. The first-order valence-electron chi connectivity index (χ1n) is 4.43. The molecule has 0 saturated heterocycles. The van der Waals surface area contributed by atoms with Gasteiger partial charge >= 0.3 is 5.97 Å². The van der Waals surface area contributed by atoms with Gasteiger partial charge < -0.3 is 4.74 Å². The van der Waals surface area contributed by atoms with Crippen LogP contribution in [0.3, 0.4) is 0 Å². The topological polar surface area (TPSA) is 44.1 Å². The second kappa shape index (κ2) is 4.60. The molecule has 0 amide bonds. The van der Waals surface area contributed by atoms with Crippen molar-refractivity contribution in [3.05, 3.63) is 30.1 Å². The van der Waals surface area contributed by atoms with Gasteiger partial charge in [0, 0.05) is 11.8 Å². The minimum Gasteiger partial charge on any atom is -0.461 e. The van der Waals surface area contributed by atoms with Crippen molar-refractivity contribution in [1.82, 2.24) is 9.78 Å². The fraction of sp³-hybridized carbons (Fsp3) is 0.400. The van der Waals surface area contributed by atoms with Crippen LogP contribution in [-0.4, -0.2) is 22.4 Å². The van der Waals surface area contributed by atoms with Gasteiger partial charge in [-0.1, -0.05) is 6.58 Å². The van der Waals surface area contributed by atoms with Crippen molar-refractivity contribution in [3.63, 3.8) is 0 Å². The number of aromatic nitrogens is 2. The standard InChI is InChI=1S/C10H14N2O2/c1-4-10(13)14-6-5-12-9(3)7-8(2)11-12/h4,7H,1,5-6H2,2-3H3. The highest BCUT2D eigenvalue weighted by molar-refractivity contribution is 5.81. The van der Waals surface area contributed by atoms with Gasteiger partial charge in [0.05, 0.1) is 12.2 Å². The highest BCUT2D eigenvalue weighted by Crippen LogP contribution is 2.01. The molecule has 1 heterocycles. The van der Waals surface area contributed by atoms with Crippen molar-refractivity contribution >= 4 is 5.97 Å². The first kappa shape index (κ1) is 10.5. The molecule has 1 rings (SSSR count). The lowest BCUT2D eigenvalue weighted by molar-refractivity contribution is -0.138. The van der Waals surface area contributed by atoms with Crippen molar-refractivity contribution < 1.29 is 9.53 Å². The minimum atomic E-state index is -0.397. The second-order valence-electron chi connectivity index (χ2n) is 3.02. The number of nitrogens with zero attached hydrogens (tertiary/aromatic N) is 2. The molecule has 0 aliphatic heterocycles. The van der Waals surface area contributed by atoms with Gasteiger partial charge in [-0.25, -0.2) is 4.79 Å². The maximum absolute atomic E-state index is 10.7. The maximum atomic E-state index is 10.7. The zero-order valence-electron chi connectivity index (χ0n) is 8.49. The van der Waals surface area contributed by atoms with Gasteiger partial charge in [-0.2, -0.15) is 5.10 Å². The van der Waals surface area contributed by atoms with E-state index in [9.17, 15) is 4.79 Å². The number of hydrogen-bond acceptors (Lipinski definition) is 3. The molecule has 1 aromatic heterocycles. The number of carbonyl (C=O) groups is 1. The van der Waals surface area contributed by atoms with E-state index >= 15 is 0 Å². The molecule has 0 aliphatic carbocycles. The summed E-state index contributed by atoms with van der Waals surface area (Å²) < 4.78 is 6.65. The smallest absolute Gasteiger partial charge is 0.330 e. The normalized spacial score (nSPS) is 9.86. The van der Waals surface area contributed by atoms with Crippen LogP contribution < -0.4 is 0 Å². The molecule has 76 valence electrons. The van der Waals surface area contributed by atoms with Crippen LogP contribution in [0.25, 0.3) is 0 Å². The lowest BCUT2D eigenvalue weighted by atomic mass is 10.4. The molecule has 0 saturated carbocycles. The summed E-state index contributed by atoms with van der Waals surface area (Å²) in [6.45, 7) is 8.12. The van der Waals surface area contributed by atoms with Gasteiger partial charge in [0.15, 0.2) is 0 Å². The third-order valence-corrected chi connectivity index (χ3v) is 1.82. The number of esters is 1. The molecule has 0 aliphatic rings. The average Bonchev–Trinajstić information content (AvgIpc) is 2.45. The van der Waals surface area contributed by atoms with Gasteiger partial charge in [-0.15, -0.1) is 0 Å². The largest absolute Gasteiger partial charge is 0.461 e. The number of hydrogen-bond donors (Lipinski definition) is 0. The molecule has 1 aromatic rings. The van der Waals surface area contributed by atoms with E-state index in [2.05, 4.69) is 11.7 Å². The third-order valence-electron chi connectivity index (χ3n) is 1.82. The Balaban J connectivity index is 2.42. The minimum absolute atomic E-state index is 0.326. The number of ether oxygens (including phenoxy) is 1. The van der Waals surface area contributed by atoms with Gasteiger partial charge in [0.1, 0.15) is 6.61 Å². The van der Waals surface area contributed by atoms with Crippen LogP contribution in [0, 0.1) is 13.8 Å². The van der Waals surface area contributed by atoms with Gasteiger partial charge in [0.25, 0.3) is 0 Å². The fourth-order valence-corrected chi connectivity index (χ4v) is 1.19.